The lowest BCUT2D eigenvalue weighted by atomic mass is 10.3. The third-order valence-electron chi connectivity index (χ3n) is 2.92. The van der Waals surface area contributed by atoms with Crippen LogP contribution in [0.2, 0.25) is 0 Å². The van der Waals surface area contributed by atoms with E-state index in [1.165, 1.54) is 0 Å². The van der Waals surface area contributed by atoms with Crippen LogP contribution in [-0.2, 0) is 6.54 Å². The Bertz CT molecular complexity index is 702. The number of nitrogens with one attached hydrogen (secondary N) is 2. The number of hydrogen-bond acceptors (Lipinski definition) is 4. The molecule has 5 nitrogen and oxygen atoms in total. The Kier molecular flexibility index (Phi) is 2.87. The van der Waals surface area contributed by atoms with Gasteiger partial charge in [-0.15, -0.1) is 0 Å². The number of nitrogens with zero attached hydrogens (tertiary/aromatic N) is 3. The van der Waals surface area contributed by atoms with Crippen molar-refractivity contribution in [3.05, 3.63) is 47.7 Å². The molecule has 0 spiro atoms. The highest BCUT2D eigenvalue weighted by atomic mass is 15.1. The molecule has 0 aliphatic heterocycles. The monoisotopic (exact) mass is 253 g/mol. The number of rotatable bonds is 3. The molecule has 3 aromatic rings. The quantitative estimate of drug-likeness (QED) is 0.753. The molecule has 96 valence electrons. The molecule has 0 atom stereocenters. The van der Waals surface area contributed by atoms with E-state index in [4.69, 9.17) is 0 Å². The number of aromatic amines is 1. The molecule has 0 aromatic carbocycles. The molecule has 0 unspecified atom stereocenters. The zero-order chi connectivity index (χ0) is 13.2. The van der Waals surface area contributed by atoms with Gasteiger partial charge >= 0.3 is 0 Å². The van der Waals surface area contributed by atoms with E-state index in [1.807, 2.05) is 32.2 Å². The molecule has 0 aliphatic carbocycles. The zero-order valence-corrected chi connectivity index (χ0v) is 10.9. The summed E-state index contributed by atoms with van der Waals surface area (Å²) in [6.45, 7) is 4.61. The van der Waals surface area contributed by atoms with Crippen molar-refractivity contribution in [3.8, 4) is 0 Å². The highest BCUT2D eigenvalue weighted by molar-refractivity contribution is 5.87. The van der Waals surface area contributed by atoms with Crippen molar-refractivity contribution in [3.63, 3.8) is 0 Å². The Morgan fingerprint density at radius 3 is 2.95 bits per heavy atom. The second-order valence-corrected chi connectivity index (χ2v) is 4.55. The van der Waals surface area contributed by atoms with Gasteiger partial charge in [-0.1, -0.05) is 6.07 Å². The Labute approximate surface area is 111 Å². The normalized spacial score (nSPS) is 10.8. The van der Waals surface area contributed by atoms with E-state index in [9.17, 15) is 0 Å². The summed E-state index contributed by atoms with van der Waals surface area (Å²) in [4.78, 5) is 16.2. The second-order valence-electron chi connectivity index (χ2n) is 4.55. The maximum absolute atomic E-state index is 4.47. The number of pyridine rings is 1. The topological polar surface area (TPSA) is 66.5 Å². The van der Waals surface area contributed by atoms with Crippen molar-refractivity contribution in [1.82, 2.24) is 19.9 Å². The highest BCUT2D eigenvalue weighted by Gasteiger charge is 2.07. The van der Waals surface area contributed by atoms with E-state index in [-0.39, 0.29) is 0 Å². The van der Waals surface area contributed by atoms with Gasteiger partial charge in [-0.3, -0.25) is 4.98 Å². The van der Waals surface area contributed by atoms with Crippen molar-refractivity contribution in [2.75, 3.05) is 5.32 Å². The van der Waals surface area contributed by atoms with Gasteiger partial charge in [-0.2, -0.15) is 0 Å². The molecular weight excluding hydrogens is 238 g/mol. The van der Waals surface area contributed by atoms with Gasteiger partial charge in [0.2, 0.25) is 0 Å². The summed E-state index contributed by atoms with van der Waals surface area (Å²) in [6, 6.07) is 6.02. The first-order chi connectivity index (χ1) is 9.22. The summed E-state index contributed by atoms with van der Waals surface area (Å²) in [7, 11) is 0. The van der Waals surface area contributed by atoms with Gasteiger partial charge in [0, 0.05) is 24.6 Å². The molecule has 0 radical (unpaired) electrons. The Morgan fingerprint density at radius 2 is 2.16 bits per heavy atom. The molecule has 0 bridgehead atoms. The maximum Gasteiger partial charge on any atom is 0.143 e. The van der Waals surface area contributed by atoms with Crippen LogP contribution in [0.5, 0.6) is 0 Å². The number of anilines is 1. The van der Waals surface area contributed by atoms with E-state index in [1.54, 1.807) is 6.20 Å². The van der Waals surface area contributed by atoms with Crippen LogP contribution in [0.3, 0.4) is 0 Å². The lowest BCUT2D eigenvalue weighted by Crippen LogP contribution is -2.03. The summed E-state index contributed by atoms with van der Waals surface area (Å²) >= 11 is 0. The first-order valence-electron chi connectivity index (χ1n) is 6.19. The van der Waals surface area contributed by atoms with Crippen molar-refractivity contribution in [2.24, 2.45) is 0 Å². The SMILES string of the molecule is Cc1nc(NCc2cccnc2)c2cc(C)[nH]c2n1. The van der Waals surface area contributed by atoms with Crippen LogP contribution in [0.1, 0.15) is 17.1 Å². The predicted octanol–water partition coefficient (Wildman–Crippen LogP) is 2.58. The zero-order valence-electron chi connectivity index (χ0n) is 10.9. The minimum Gasteiger partial charge on any atom is -0.365 e. The van der Waals surface area contributed by atoms with E-state index in [0.717, 1.165) is 33.9 Å². The molecule has 2 N–H and O–H groups in total. The van der Waals surface area contributed by atoms with Crippen LogP contribution in [-0.4, -0.2) is 19.9 Å². The number of aryl methyl sites for hydroxylation is 2. The molecule has 3 heterocycles. The van der Waals surface area contributed by atoms with Crippen LogP contribution in [0.25, 0.3) is 11.0 Å². The van der Waals surface area contributed by atoms with Gasteiger partial charge < -0.3 is 10.3 Å². The fraction of sp³-hybridized carbons (Fsp3) is 0.214. The van der Waals surface area contributed by atoms with Crippen molar-refractivity contribution in [2.45, 2.75) is 20.4 Å². The van der Waals surface area contributed by atoms with E-state index in [2.05, 4.69) is 31.3 Å². The minimum absolute atomic E-state index is 0.698. The van der Waals surface area contributed by atoms with Gasteiger partial charge in [0.15, 0.2) is 0 Å². The second kappa shape index (κ2) is 4.68. The van der Waals surface area contributed by atoms with Crippen LogP contribution in [0, 0.1) is 13.8 Å². The van der Waals surface area contributed by atoms with Gasteiger partial charge in [0.05, 0.1) is 5.39 Å². The van der Waals surface area contributed by atoms with Crippen LogP contribution in [0.4, 0.5) is 5.82 Å². The average Bonchev–Trinajstić information content (AvgIpc) is 2.77. The number of aromatic nitrogens is 4. The van der Waals surface area contributed by atoms with Crippen LogP contribution < -0.4 is 5.32 Å². The summed E-state index contributed by atoms with van der Waals surface area (Å²) in [6.07, 6.45) is 3.62. The Morgan fingerprint density at radius 1 is 1.26 bits per heavy atom. The molecular formula is C14H15N5. The molecule has 0 aliphatic rings. The Balaban J connectivity index is 1.92. The fourth-order valence-electron chi connectivity index (χ4n) is 2.08. The molecule has 0 amide bonds. The standard InChI is InChI=1S/C14H15N5/c1-9-6-12-13(18-10(2)19-14(12)17-9)16-8-11-4-3-5-15-7-11/h3-7H,8H2,1-2H3,(H2,16,17,18,19). The van der Waals surface area contributed by atoms with E-state index < -0.39 is 0 Å². The van der Waals surface area contributed by atoms with Crippen molar-refractivity contribution in [1.29, 1.82) is 0 Å². The molecule has 5 heteroatoms. The first kappa shape index (κ1) is 11.6. The van der Waals surface area contributed by atoms with E-state index in [0.29, 0.717) is 6.54 Å². The third kappa shape index (κ3) is 2.40. The smallest absolute Gasteiger partial charge is 0.143 e. The largest absolute Gasteiger partial charge is 0.365 e. The molecule has 0 fully saturated rings. The van der Waals surface area contributed by atoms with Crippen molar-refractivity contribution < 1.29 is 0 Å². The summed E-state index contributed by atoms with van der Waals surface area (Å²) in [5, 5.41) is 4.37. The van der Waals surface area contributed by atoms with Gasteiger partial charge in [0.25, 0.3) is 0 Å². The minimum atomic E-state index is 0.698. The molecule has 3 aromatic heterocycles. The van der Waals surface area contributed by atoms with Gasteiger partial charge in [-0.25, -0.2) is 9.97 Å². The number of hydrogen-bond donors (Lipinski definition) is 2. The summed E-state index contributed by atoms with van der Waals surface area (Å²) in [5.74, 6) is 1.61. The fourth-order valence-corrected chi connectivity index (χ4v) is 2.08. The van der Waals surface area contributed by atoms with Gasteiger partial charge in [0.1, 0.15) is 17.3 Å². The average molecular weight is 253 g/mol. The number of fused-ring (bicyclic) bond motifs is 1. The van der Waals surface area contributed by atoms with Gasteiger partial charge in [-0.05, 0) is 31.5 Å². The molecule has 3 rings (SSSR count). The molecule has 0 saturated carbocycles. The maximum atomic E-state index is 4.47. The van der Waals surface area contributed by atoms with Crippen LogP contribution in [0.15, 0.2) is 30.6 Å². The van der Waals surface area contributed by atoms with Crippen molar-refractivity contribution >= 4 is 16.9 Å². The molecule has 0 saturated heterocycles. The highest BCUT2D eigenvalue weighted by Crippen LogP contribution is 2.21. The van der Waals surface area contributed by atoms with E-state index >= 15 is 0 Å². The predicted molar refractivity (Wildman–Crippen MR) is 74.9 cm³/mol. The number of H-pyrrole nitrogens is 1. The summed E-state index contributed by atoms with van der Waals surface area (Å²) in [5.41, 5.74) is 3.08. The lowest BCUT2D eigenvalue weighted by molar-refractivity contribution is 1.04. The Hall–Kier alpha value is -2.43. The lowest BCUT2D eigenvalue weighted by Gasteiger charge is -2.07. The third-order valence-corrected chi connectivity index (χ3v) is 2.92. The first-order valence-corrected chi connectivity index (χ1v) is 6.19. The summed E-state index contributed by atoms with van der Waals surface area (Å²) < 4.78 is 0. The molecule has 19 heavy (non-hydrogen) atoms. The van der Waals surface area contributed by atoms with Crippen LogP contribution >= 0.6 is 0 Å².